The third-order valence-corrected chi connectivity index (χ3v) is 11.8. The van der Waals surface area contributed by atoms with Crippen molar-refractivity contribution in [2.24, 2.45) is 0 Å². The van der Waals surface area contributed by atoms with Gasteiger partial charge in [-0.15, -0.1) is 22.7 Å². The molecule has 0 N–H and O–H groups in total. The lowest BCUT2D eigenvalue weighted by Crippen LogP contribution is -1.96. The first-order valence-electron chi connectivity index (χ1n) is 16.7. The minimum atomic E-state index is 0.719. The molecule has 4 heteroatoms. The van der Waals surface area contributed by atoms with Gasteiger partial charge in [0, 0.05) is 57.0 Å². The highest BCUT2D eigenvalue weighted by atomic mass is 32.1. The highest BCUT2D eigenvalue weighted by molar-refractivity contribution is 7.26. The summed E-state index contributed by atoms with van der Waals surface area (Å²) < 4.78 is 5.18. The fourth-order valence-electron chi connectivity index (χ4n) is 6.99. The molecule has 0 amide bonds. The molecule has 0 unspecified atom stereocenters. The zero-order chi connectivity index (χ0) is 33.0. The van der Waals surface area contributed by atoms with Crippen LogP contribution in [0.1, 0.15) is 0 Å². The normalized spacial score (nSPS) is 11.6. The lowest BCUT2D eigenvalue weighted by Gasteiger charge is -2.13. The van der Waals surface area contributed by atoms with Crippen molar-refractivity contribution in [2.45, 2.75) is 0 Å². The van der Waals surface area contributed by atoms with E-state index in [0.717, 1.165) is 45.0 Å². The summed E-state index contributed by atoms with van der Waals surface area (Å²) >= 11 is 3.68. The first-order valence-corrected chi connectivity index (χ1v) is 18.4. The molecule has 0 radical (unpaired) electrons. The molecule has 234 valence electrons. The van der Waals surface area contributed by atoms with E-state index >= 15 is 0 Å². The Morgan fingerprint density at radius 1 is 0.280 bits per heavy atom. The van der Waals surface area contributed by atoms with Crippen LogP contribution in [0.15, 0.2) is 170 Å². The van der Waals surface area contributed by atoms with Crippen LogP contribution in [0.4, 0.5) is 0 Å². The maximum Gasteiger partial charge on any atom is 0.160 e. The fourth-order valence-corrected chi connectivity index (χ4v) is 9.16. The lowest BCUT2D eigenvalue weighted by molar-refractivity contribution is 1.18. The molecule has 2 nitrogen and oxygen atoms in total. The van der Waals surface area contributed by atoms with Gasteiger partial charge in [0.25, 0.3) is 0 Å². The van der Waals surface area contributed by atoms with Crippen LogP contribution in [-0.2, 0) is 0 Å². The molecule has 0 aliphatic rings. The predicted molar refractivity (Wildman–Crippen MR) is 215 cm³/mol. The van der Waals surface area contributed by atoms with Gasteiger partial charge in [0.2, 0.25) is 0 Å². The molecule has 0 aliphatic carbocycles. The van der Waals surface area contributed by atoms with E-state index in [2.05, 4.69) is 164 Å². The van der Waals surface area contributed by atoms with Gasteiger partial charge in [0.1, 0.15) is 0 Å². The van der Waals surface area contributed by atoms with Gasteiger partial charge in [0.15, 0.2) is 5.82 Å². The molecule has 50 heavy (non-hydrogen) atoms. The highest BCUT2D eigenvalue weighted by Crippen LogP contribution is 2.40. The Balaban J connectivity index is 1.19. The predicted octanol–water partition coefficient (Wildman–Crippen LogP) is 13.5. The molecule has 10 rings (SSSR count). The monoisotopic (exact) mass is 672 g/mol. The van der Waals surface area contributed by atoms with Crippen molar-refractivity contribution in [1.29, 1.82) is 0 Å². The molecule has 0 aliphatic heterocycles. The Kier molecular flexibility index (Phi) is 6.90. The third kappa shape index (κ3) is 5.09. The fraction of sp³-hybridized carbons (Fsp3) is 0. The van der Waals surface area contributed by atoms with Crippen molar-refractivity contribution in [2.75, 3.05) is 0 Å². The highest BCUT2D eigenvalue weighted by Gasteiger charge is 2.16. The molecule has 0 saturated carbocycles. The summed E-state index contributed by atoms with van der Waals surface area (Å²) in [5.41, 5.74) is 9.59. The van der Waals surface area contributed by atoms with Crippen molar-refractivity contribution in [3.05, 3.63) is 170 Å². The van der Waals surface area contributed by atoms with E-state index in [4.69, 9.17) is 9.97 Å². The first-order chi connectivity index (χ1) is 24.7. The van der Waals surface area contributed by atoms with Gasteiger partial charge in [0.05, 0.1) is 11.4 Å². The van der Waals surface area contributed by atoms with E-state index in [1.807, 2.05) is 28.7 Å². The van der Waals surface area contributed by atoms with Crippen LogP contribution in [0.3, 0.4) is 0 Å². The van der Waals surface area contributed by atoms with Crippen molar-refractivity contribution in [3.63, 3.8) is 0 Å². The van der Waals surface area contributed by atoms with Gasteiger partial charge in [-0.3, -0.25) is 0 Å². The standard InChI is InChI=1S/C46H28N2S2/c1-3-11-29(12-4-1)33-23-34(31-19-21-44-38(26-31)36-15-7-9-17-42(36)49-44)25-35(24-33)41-28-40(30-13-5-2-6-14-30)47-46(48-41)32-20-22-45-39(27-32)37-16-8-10-18-43(37)50-45/h1-28H. The topological polar surface area (TPSA) is 25.8 Å². The number of nitrogens with zero attached hydrogens (tertiary/aromatic N) is 2. The van der Waals surface area contributed by atoms with E-state index in [9.17, 15) is 0 Å². The average Bonchev–Trinajstić information content (AvgIpc) is 3.76. The minimum Gasteiger partial charge on any atom is -0.228 e. The van der Waals surface area contributed by atoms with Crippen LogP contribution in [0.2, 0.25) is 0 Å². The van der Waals surface area contributed by atoms with E-state index < -0.39 is 0 Å². The van der Waals surface area contributed by atoms with Gasteiger partial charge in [-0.25, -0.2) is 9.97 Å². The molecule has 0 spiro atoms. The molecule has 0 saturated heterocycles. The second kappa shape index (κ2) is 11.9. The van der Waals surface area contributed by atoms with Gasteiger partial charge >= 0.3 is 0 Å². The number of hydrogen-bond acceptors (Lipinski definition) is 4. The maximum absolute atomic E-state index is 5.32. The molecule has 3 aromatic heterocycles. The first kappa shape index (κ1) is 29.0. The van der Waals surface area contributed by atoms with E-state index in [0.29, 0.717) is 0 Å². The Hall–Kier alpha value is -5.94. The second-order valence-electron chi connectivity index (χ2n) is 12.6. The Bertz CT molecular complexity index is 2670. The summed E-state index contributed by atoms with van der Waals surface area (Å²) in [6, 6.07) is 60.9. The summed E-state index contributed by atoms with van der Waals surface area (Å²) in [6.45, 7) is 0. The van der Waals surface area contributed by atoms with Crippen LogP contribution in [0, 0.1) is 0 Å². The number of benzene rings is 7. The number of fused-ring (bicyclic) bond motifs is 6. The minimum absolute atomic E-state index is 0.719. The van der Waals surface area contributed by atoms with E-state index in [1.54, 1.807) is 0 Å². The van der Waals surface area contributed by atoms with Crippen LogP contribution < -0.4 is 0 Å². The molecule has 0 bridgehead atoms. The van der Waals surface area contributed by atoms with Crippen molar-refractivity contribution in [3.8, 4) is 56.2 Å². The SMILES string of the molecule is c1ccc(-c2cc(-c3ccc4sc5ccccc5c4c3)cc(-c3cc(-c4ccccc4)nc(-c4ccc5sc6ccccc6c5c4)n3)c2)cc1. The summed E-state index contributed by atoms with van der Waals surface area (Å²) in [5, 5.41) is 5.10. The number of rotatable bonds is 5. The summed E-state index contributed by atoms with van der Waals surface area (Å²) in [5.74, 6) is 0.719. The largest absolute Gasteiger partial charge is 0.228 e. The maximum atomic E-state index is 5.32. The molecule has 10 aromatic rings. The van der Waals surface area contributed by atoms with Crippen LogP contribution in [0.5, 0.6) is 0 Å². The summed E-state index contributed by atoms with van der Waals surface area (Å²) in [4.78, 5) is 10.5. The van der Waals surface area contributed by atoms with Gasteiger partial charge in [-0.05, 0) is 89.0 Å². The summed E-state index contributed by atoms with van der Waals surface area (Å²) in [7, 11) is 0. The summed E-state index contributed by atoms with van der Waals surface area (Å²) in [6.07, 6.45) is 0. The molecule has 0 atom stereocenters. The number of aromatic nitrogens is 2. The number of hydrogen-bond donors (Lipinski definition) is 0. The van der Waals surface area contributed by atoms with Crippen LogP contribution in [0.25, 0.3) is 96.5 Å². The molecule has 7 aromatic carbocycles. The van der Waals surface area contributed by atoms with Gasteiger partial charge < -0.3 is 0 Å². The zero-order valence-corrected chi connectivity index (χ0v) is 28.5. The van der Waals surface area contributed by atoms with Crippen molar-refractivity contribution >= 4 is 63.0 Å². The van der Waals surface area contributed by atoms with Crippen LogP contribution >= 0.6 is 22.7 Å². The third-order valence-electron chi connectivity index (χ3n) is 9.48. The van der Waals surface area contributed by atoms with Crippen LogP contribution in [-0.4, -0.2) is 9.97 Å². The Labute approximate surface area is 297 Å². The zero-order valence-electron chi connectivity index (χ0n) is 26.9. The Morgan fingerprint density at radius 3 is 1.38 bits per heavy atom. The number of thiophene rings is 2. The van der Waals surface area contributed by atoms with Gasteiger partial charge in [-0.2, -0.15) is 0 Å². The molecule has 3 heterocycles. The molecular formula is C46H28N2S2. The van der Waals surface area contributed by atoms with E-state index in [1.165, 1.54) is 51.5 Å². The smallest absolute Gasteiger partial charge is 0.160 e. The molecular weight excluding hydrogens is 645 g/mol. The average molecular weight is 673 g/mol. The Morgan fingerprint density at radius 2 is 0.740 bits per heavy atom. The van der Waals surface area contributed by atoms with Crippen molar-refractivity contribution < 1.29 is 0 Å². The quantitative estimate of drug-likeness (QED) is 0.182. The lowest BCUT2D eigenvalue weighted by atomic mass is 9.94. The van der Waals surface area contributed by atoms with Crippen molar-refractivity contribution in [1.82, 2.24) is 9.97 Å². The second-order valence-corrected chi connectivity index (χ2v) is 14.8. The van der Waals surface area contributed by atoms with Gasteiger partial charge in [-0.1, -0.05) is 103 Å². The van der Waals surface area contributed by atoms with E-state index in [-0.39, 0.29) is 0 Å². The molecule has 0 fully saturated rings.